The number of halogens is 2. The van der Waals surface area contributed by atoms with Gasteiger partial charge in [-0.15, -0.1) is 11.6 Å². The predicted octanol–water partition coefficient (Wildman–Crippen LogP) is 2.97. The third-order valence-corrected chi connectivity index (χ3v) is 2.10. The second-order valence-corrected chi connectivity index (χ2v) is 3.70. The minimum Gasteiger partial charge on any atom is -0.486 e. The number of alkyl halides is 1. The van der Waals surface area contributed by atoms with Crippen LogP contribution in [0, 0.1) is 10.1 Å². The fraction of sp³-hybridized carbons (Fsp3) is 0.250. The van der Waals surface area contributed by atoms with Crippen molar-refractivity contribution in [1.82, 2.24) is 0 Å². The Balaban J connectivity index is 2.96. The first kappa shape index (κ1) is 11.3. The van der Waals surface area contributed by atoms with Crippen LogP contribution in [0.15, 0.2) is 22.7 Å². The Kier molecular flexibility index (Phi) is 4.16. The molecule has 0 amide bonds. The molecule has 14 heavy (non-hydrogen) atoms. The van der Waals surface area contributed by atoms with E-state index in [0.29, 0.717) is 10.4 Å². The van der Waals surface area contributed by atoms with Gasteiger partial charge in [0, 0.05) is 10.5 Å². The van der Waals surface area contributed by atoms with Crippen LogP contribution in [0.25, 0.3) is 0 Å². The van der Waals surface area contributed by atoms with E-state index in [-0.39, 0.29) is 18.0 Å². The summed E-state index contributed by atoms with van der Waals surface area (Å²) in [6, 6.07) is 4.61. The number of benzene rings is 1. The molecule has 1 rings (SSSR count). The molecule has 0 fully saturated rings. The predicted molar refractivity (Wildman–Crippen MR) is 57.0 cm³/mol. The van der Waals surface area contributed by atoms with Gasteiger partial charge < -0.3 is 4.74 Å². The first-order chi connectivity index (χ1) is 6.65. The Morgan fingerprint density at radius 3 is 2.86 bits per heavy atom. The lowest BCUT2D eigenvalue weighted by molar-refractivity contribution is -0.385. The summed E-state index contributed by atoms with van der Waals surface area (Å²) in [5.41, 5.74) is -0.0653. The lowest BCUT2D eigenvalue weighted by atomic mass is 10.3. The van der Waals surface area contributed by atoms with Crippen LogP contribution in [0.3, 0.4) is 0 Å². The van der Waals surface area contributed by atoms with Gasteiger partial charge in [-0.3, -0.25) is 10.1 Å². The third kappa shape index (κ3) is 2.85. The highest BCUT2D eigenvalue weighted by atomic mass is 79.9. The van der Waals surface area contributed by atoms with E-state index in [0.717, 1.165) is 0 Å². The molecule has 0 atom stereocenters. The van der Waals surface area contributed by atoms with Crippen molar-refractivity contribution in [3.63, 3.8) is 0 Å². The molecule has 0 bridgehead atoms. The van der Waals surface area contributed by atoms with Gasteiger partial charge in [-0.1, -0.05) is 15.9 Å². The zero-order valence-corrected chi connectivity index (χ0v) is 9.42. The third-order valence-electron chi connectivity index (χ3n) is 1.45. The number of ether oxygens (including phenoxy) is 1. The molecular weight excluding hydrogens is 273 g/mol. The van der Waals surface area contributed by atoms with Crippen molar-refractivity contribution in [2.75, 3.05) is 12.5 Å². The average molecular weight is 281 g/mol. The van der Waals surface area contributed by atoms with Crippen molar-refractivity contribution in [1.29, 1.82) is 0 Å². The molecule has 6 heteroatoms. The van der Waals surface area contributed by atoms with Gasteiger partial charge in [0.2, 0.25) is 0 Å². The number of nitro groups is 1. The van der Waals surface area contributed by atoms with Crippen LogP contribution in [0.2, 0.25) is 0 Å². The van der Waals surface area contributed by atoms with E-state index in [1.54, 1.807) is 6.07 Å². The standard InChI is InChI=1S/C8H7BrClNO3/c9-6-1-2-8(14-4-3-10)7(5-6)11(12)13/h1-2,5H,3-4H2. The molecule has 0 unspecified atom stereocenters. The van der Waals surface area contributed by atoms with Crippen molar-refractivity contribution >= 4 is 33.2 Å². The molecule has 0 heterocycles. The van der Waals surface area contributed by atoms with Gasteiger partial charge >= 0.3 is 5.69 Å². The quantitative estimate of drug-likeness (QED) is 0.484. The summed E-state index contributed by atoms with van der Waals surface area (Å²) < 4.78 is 5.75. The molecule has 76 valence electrons. The summed E-state index contributed by atoms with van der Waals surface area (Å²) >= 11 is 8.56. The van der Waals surface area contributed by atoms with E-state index >= 15 is 0 Å². The highest BCUT2D eigenvalue weighted by Gasteiger charge is 2.14. The van der Waals surface area contributed by atoms with E-state index in [4.69, 9.17) is 16.3 Å². The van der Waals surface area contributed by atoms with Crippen LogP contribution in [0.1, 0.15) is 0 Å². The Morgan fingerprint density at radius 2 is 2.29 bits per heavy atom. The maximum atomic E-state index is 10.6. The first-order valence-electron chi connectivity index (χ1n) is 3.78. The van der Waals surface area contributed by atoms with Gasteiger partial charge in [0.25, 0.3) is 0 Å². The van der Waals surface area contributed by atoms with E-state index < -0.39 is 4.92 Å². The molecule has 0 saturated heterocycles. The van der Waals surface area contributed by atoms with Gasteiger partial charge in [-0.2, -0.15) is 0 Å². The highest BCUT2D eigenvalue weighted by molar-refractivity contribution is 9.10. The molecular formula is C8H7BrClNO3. The number of nitrogens with zero attached hydrogens (tertiary/aromatic N) is 1. The monoisotopic (exact) mass is 279 g/mol. The van der Waals surface area contributed by atoms with Crippen LogP contribution in [0.4, 0.5) is 5.69 Å². The summed E-state index contributed by atoms with van der Waals surface area (Å²) in [7, 11) is 0. The smallest absolute Gasteiger partial charge is 0.312 e. The summed E-state index contributed by atoms with van der Waals surface area (Å²) in [6.45, 7) is 0.254. The summed E-state index contributed by atoms with van der Waals surface area (Å²) in [5.74, 6) is 0.534. The molecule has 1 aromatic rings. The zero-order chi connectivity index (χ0) is 10.6. The average Bonchev–Trinajstić information content (AvgIpc) is 2.15. The molecule has 0 N–H and O–H groups in total. The van der Waals surface area contributed by atoms with Crippen molar-refractivity contribution in [2.24, 2.45) is 0 Å². The van der Waals surface area contributed by atoms with Crippen LogP contribution >= 0.6 is 27.5 Å². The lowest BCUT2D eigenvalue weighted by Crippen LogP contribution is -2.01. The Labute approximate surface area is 94.1 Å². The van der Waals surface area contributed by atoms with Gasteiger partial charge in [-0.25, -0.2) is 0 Å². The molecule has 0 aliphatic heterocycles. The van der Waals surface area contributed by atoms with E-state index in [9.17, 15) is 10.1 Å². The number of nitro benzene ring substituents is 1. The second kappa shape index (κ2) is 5.17. The van der Waals surface area contributed by atoms with Crippen LogP contribution in [-0.2, 0) is 0 Å². The van der Waals surface area contributed by atoms with Crippen molar-refractivity contribution < 1.29 is 9.66 Å². The minimum atomic E-state index is -0.492. The molecule has 4 nitrogen and oxygen atoms in total. The van der Waals surface area contributed by atoms with Crippen molar-refractivity contribution in [2.45, 2.75) is 0 Å². The minimum absolute atomic E-state index is 0.0653. The van der Waals surface area contributed by atoms with Crippen molar-refractivity contribution in [3.05, 3.63) is 32.8 Å². The van der Waals surface area contributed by atoms with Gasteiger partial charge in [0.1, 0.15) is 6.61 Å². The normalized spacial score (nSPS) is 9.86. The number of hydrogen-bond donors (Lipinski definition) is 0. The maximum absolute atomic E-state index is 10.6. The molecule has 0 spiro atoms. The Bertz CT molecular complexity index is 345. The molecule has 0 aliphatic rings. The Morgan fingerprint density at radius 1 is 1.57 bits per heavy atom. The van der Waals surface area contributed by atoms with Crippen molar-refractivity contribution in [3.8, 4) is 5.75 Å². The fourth-order valence-electron chi connectivity index (χ4n) is 0.904. The van der Waals surface area contributed by atoms with Gasteiger partial charge in [0.15, 0.2) is 5.75 Å². The maximum Gasteiger partial charge on any atom is 0.312 e. The van der Waals surface area contributed by atoms with Crippen LogP contribution in [-0.4, -0.2) is 17.4 Å². The van der Waals surface area contributed by atoms with Gasteiger partial charge in [-0.05, 0) is 12.1 Å². The number of hydrogen-bond acceptors (Lipinski definition) is 3. The fourth-order valence-corrected chi connectivity index (χ4v) is 1.33. The molecule has 0 radical (unpaired) electrons. The topological polar surface area (TPSA) is 52.4 Å². The largest absolute Gasteiger partial charge is 0.486 e. The zero-order valence-electron chi connectivity index (χ0n) is 7.07. The SMILES string of the molecule is O=[N+]([O-])c1cc(Br)ccc1OCCCl. The first-order valence-corrected chi connectivity index (χ1v) is 5.10. The second-order valence-electron chi connectivity index (χ2n) is 2.41. The van der Waals surface area contributed by atoms with E-state index in [2.05, 4.69) is 15.9 Å². The molecule has 1 aromatic carbocycles. The lowest BCUT2D eigenvalue weighted by Gasteiger charge is -2.04. The molecule has 0 aromatic heterocycles. The Hall–Kier alpha value is -0.810. The molecule has 0 saturated carbocycles. The van der Waals surface area contributed by atoms with Gasteiger partial charge in [0.05, 0.1) is 10.8 Å². The van der Waals surface area contributed by atoms with Crippen LogP contribution in [0.5, 0.6) is 5.75 Å². The van der Waals surface area contributed by atoms with Crippen LogP contribution < -0.4 is 4.74 Å². The highest BCUT2D eigenvalue weighted by Crippen LogP contribution is 2.29. The summed E-state index contributed by atoms with van der Waals surface area (Å²) in [5, 5.41) is 10.6. The molecule has 0 aliphatic carbocycles. The van der Waals surface area contributed by atoms with E-state index in [1.807, 2.05) is 0 Å². The van der Waals surface area contributed by atoms with E-state index in [1.165, 1.54) is 12.1 Å². The number of rotatable bonds is 4. The summed E-state index contributed by atoms with van der Waals surface area (Å²) in [4.78, 5) is 10.1. The summed E-state index contributed by atoms with van der Waals surface area (Å²) in [6.07, 6.45) is 0.